The molecule has 1 rings (SSSR count). The van der Waals surface area contributed by atoms with E-state index in [0.29, 0.717) is 6.42 Å². The predicted octanol–water partition coefficient (Wildman–Crippen LogP) is 4.78. The van der Waals surface area contributed by atoms with Crippen molar-refractivity contribution in [1.82, 2.24) is 5.32 Å². The Labute approximate surface area is 118 Å². The first kappa shape index (κ1) is 17.6. The van der Waals surface area contributed by atoms with Gasteiger partial charge in [0, 0.05) is 12.6 Å². The maximum atomic E-state index is 12.7. The summed E-state index contributed by atoms with van der Waals surface area (Å²) in [6.45, 7) is 5.19. The lowest BCUT2D eigenvalue weighted by molar-refractivity contribution is -0.143. The molecule has 1 aromatic rings. The van der Waals surface area contributed by atoms with Crippen molar-refractivity contribution >= 4 is 0 Å². The third kappa shape index (κ3) is 5.41. The van der Waals surface area contributed by atoms with Crippen molar-refractivity contribution in [3.05, 3.63) is 47.5 Å². The molecule has 0 aliphatic rings. The molecule has 21 heavy (non-hydrogen) atoms. The first-order chi connectivity index (χ1) is 9.54. The van der Waals surface area contributed by atoms with Gasteiger partial charge in [-0.15, -0.1) is 6.58 Å². The summed E-state index contributed by atoms with van der Waals surface area (Å²) in [5.74, 6) is 0. The Bertz CT molecular complexity index is 457. The van der Waals surface area contributed by atoms with E-state index in [2.05, 4.69) is 11.9 Å². The standard InChI is InChI=1S/C14H15F6N/c1-3-4-9(2)21-8-10-5-11(13(15,16)17)7-12(6-10)14(18,19)20/h3,5-7,9,21H,1,4,8H2,2H3. The number of alkyl halides is 6. The summed E-state index contributed by atoms with van der Waals surface area (Å²) in [5, 5.41) is 2.85. The van der Waals surface area contributed by atoms with Crippen LogP contribution in [0.2, 0.25) is 0 Å². The molecule has 0 aliphatic heterocycles. The second kappa shape index (κ2) is 6.51. The number of hydrogen-bond acceptors (Lipinski definition) is 1. The Morgan fingerprint density at radius 1 is 1.05 bits per heavy atom. The molecule has 1 nitrogen and oxygen atoms in total. The maximum Gasteiger partial charge on any atom is 0.416 e. The quantitative estimate of drug-likeness (QED) is 0.609. The fraction of sp³-hybridized carbons (Fsp3) is 0.429. The fourth-order valence-corrected chi connectivity index (χ4v) is 1.75. The monoisotopic (exact) mass is 311 g/mol. The zero-order chi connectivity index (χ0) is 16.3. The minimum atomic E-state index is -4.82. The zero-order valence-corrected chi connectivity index (χ0v) is 11.3. The topological polar surface area (TPSA) is 12.0 Å². The molecule has 0 amide bonds. The smallest absolute Gasteiger partial charge is 0.310 e. The highest BCUT2D eigenvalue weighted by Gasteiger charge is 2.36. The molecule has 0 aliphatic carbocycles. The third-order valence-electron chi connectivity index (χ3n) is 2.82. The number of rotatable bonds is 5. The summed E-state index contributed by atoms with van der Waals surface area (Å²) in [5.41, 5.74) is -2.66. The highest BCUT2D eigenvalue weighted by atomic mass is 19.4. The molecule has 0 heterocycles. The number of benzene rings is 1. The second-order valence-corrected chi connectivity index (χ2v) is 4.72. The van der Waals surface area contributed by atoms with Crippen LogP contribution in [0.15, 0.2) is 30.9 Å². The van der Waals surface area contributed by atoms with Gasteiger partial charge in [-0.2, -0.15) is 26.3 Å². The molecule has 0 aromatic heterocycles. The van der Waals surface area contributed by atoms with Crippen molar-refractivity contribution in [1.29, 1.82) is 0 Å². The lowest BCUT2D eigenvalue weighted by atomic mass is 10.0. The van der Waals surface area contributed by atoms with Crippen LogP contribution < -0.4 is 5.32 Å². The molecule has 1 N–H and O–H groups in total. The molecule has 0 radical (unpaired) electrons. The van der Waals surface area contributed by atoms with Gasteiger partial charge in [-0.25, -0.2) is 0 Å². The van der Waals surface area contributed by atoms with Crippen LogP contribution in [0.4, 0.5) is 26.3 Å². The van der Waals surface area contributed by atoms with Crippen LogP contribution in [0.1, 0.15) is 30.0 Å². The molecule has 7 heteroatoms. The van der Waals surface area contributed by atoms with Crippen molar-refractivity contribution in [3.63, 3.8) is 0 Å². The van der Waals surface area contributed by atoms with Crippen LogP contribution >= 0.6 is 0 Å². The van der Waals surface area contributed by atoms with Crippen molar-refractivity contribution in [3.8, 4) is 0 Å². The predicted molar refractivity (Wildman–Crippen MR) is 67.6 cm³/mol. The van der Waals surface area contributed by atoms with Crippen molar-refractivity contribution in [2.24, 2.45) is 0 Å². The highest BCUT2D eigenvalue weighted by Crippen LogP contribution is 2.36. The summed E-state index contributed by atoms with van der Waals surface area (Å²) < 4.78 is 75.9. The Morgan fingerprint density at radius 2 is 1.52 bits per heavy atom. The van der Waals surface area contributed by atoms with Crippen LogP contribution in [0.25, 0.3) is 0 Å². The van der Waals surface area contributed by atoms with Crippen LogP contribution in [-0.2, 0) is 18.9 Å². The molecule has 1 unspecified atom stereocenters. The third-order valence-corrected chi connectivity index (χ3v) is 2.82. The summed E-state index contributed by atoms with van der Waals surface area (Å²) >= 11 is 0. The molecule has 0 spiro atoms. The van der Waals surface area contributed by atoms with E-state index >= 15 is 0 Å². The first-order valence-corrected chi connectivity index (χ1v) is 6.16. The minimum Gasteiger partial charge on any atom is -0.310 e. The van der Waals surface area contributed by atoms with Gasteiger partial charge in [-0.3, -0.25) is 0 Å². The zero-order valence-electron chi connectivity index (χ0n) is 11.3. The van der Waals surface area contributed by atoms with Crippen LogP contribution in [0.3, 0.4) is 0 Å². The molecule has 0 saturated carbocycles. The summed E-state index contributed by atoms with van der Waals surface area (Å²) in [6.07, 6.45) is -7.46. The largest absolute Gasteiger partial charge is 0.416 e. The molecule has 118 valence electrons. The van der Waals surface area contributed by atoms with Gasteiger partial charge >= 0.3 is 12.4 Å². The van der Waals surface area contributed by atoms with Gasteiger partial charge in [-0.05, 0) is 37.1 Å². The fourth-order valence-electron chi connectivity index (χ4n) is 1.75. The Hall–Kier alpha value is -1.50. The normalized spacial score (nSPS) is 14.0. The van der Waals surface area contributed by atoms with E-state index in [1.807, 2.05) is 0 Å². The number of halogens is 6. The van der Waals surface area contributed by atoms with E-state index in [0.717, 1.165) is 12.1 Å². The molecule has 1 atom stereocenters. The van der Waals surface area contributed by atoms with Gasteiger partial charge in [0.15, 0.2) is 0 Å². The van der Waals surface area contributed by atoms with Crippen LogP contribution in [-0.4, -0.2) is 6.04 Å². The van der Waals surface area contributed by atoms with Crippen LogP contribution in [0, 0.1) is 0 Å². The molecule has 0 saturated heterocycles. The number of hydrogen-bond donors (Lipinski definition) is 1. The van der Waals surface area contributed by atoms with E-state index in [9.17, 15) is 26.3 Å². The SMILES string of the molecule is C=CCC(C)NCc1cc(C(F)(F)F)cc(C(F)(F)F)c1. The Morgan fingerprint density at radius 3 is 1.90 bits per heavy atom. The Kier molecular flexibility index (Phi) is 5.44. The van der Waals surface area contributed by atoms with Gasteiger partial charge in [-0.1, -0.05) is 6.08 Å². The van der Waals surface area contributed by atoms with Gasteiger partial charge in [0.05, 0.1) is 11.1 Å². The average molecular weight is 311 g/mol. The van der Waals surface area contributed by atoms with E-state index in [1.165, 1.54) is 0 Å². The van der Waals surface area contributed by atoms with Gasteiger partial charge in [0.25, 0.3) is 0 Å². The lowest BCUT2D eigenvalue weighted by Gasteiger charge is -2.16. The summed E-state index contributed by atoms with van der Waals surface area (Å²) in [4.78, 5) is 0. The highest BCUT2D eigenvalue weighted by molar-refractivity contribution is 5.33. The maximum absolute atomic E-state index is 12.7. The second-order valence-electron chi connectivity index (χ2n) is 4.72. The lowest BCUT2D eigenvalue weighted by Crippen LogP contribution is -2.25. The molecular formula is C14H15F6N. The number of nitrogens with one attached hydrogen (secondary N) is 1. The van der Waals surface area contributed by atoms with Crippen molar-refractivity contribution in [2.75, 3.05) is 0 Å². The van der Waals surface area contributed by atoms with Gasteiger partial charge in [0.2, 0.25) is 0 Å². The van der Waals surface area contributed by atoms with E-state index in [1.54, 1.807) is 13.0 Å². The van der Waals surface area contributed by atoms with E-state index < -0.39 is 23.5 Å². The van der Waals surface area contributed by atoms with Gasteiger partial charge in [0.1, 0.15) is 0 Å². The molecular weight excluding hydrogens is 296 g/mol. The van der Waals surface area contributed by atoms with Crippen molar-refractivity contribution in [2.45, 2.75) is 38.3 Å². The summed E-state index contributed by atoms with van der Waals surface area (Å²) in [6, 6.07) is 1.48. The Balaban J connectivity index is 3.05. The average Bonchev–Trinajstić information content (AvgIpc) is 2.34. The first-order valence-electron chi connectivity index (χ1n) is 6.16. The van der Waals surface area contributed by atoms with Crippen molar-refractivity contribution < 1.29 is 26.3 Å². The molecule has 1 aromatic carbocycles. The van der Waals surface area contributed by atoms with E-state index in [-0.39, 0.29) is 24.2 Å². The molecule has 0 fully saturated rings. The summed E-state index contributed by atoms with van der Waals surface area (Å²) in [7, 11) is 0. The van der Waals surface area contributed by atoms with E-state index in [4.69, 9.17) is 0 Å². The minimum absolute atomic E-state index is 0.0620. The van der Waals surface area contributed by atoms with Gasteiger partial charge < -0.3 is 5.32 Å². The van der Waals surface area contributed by atoms with Crippen LogP contribution in [0.5, 0.6) is 0 Å². The molecule has 0 bridgehead atoms.